The predicted molar refractivity (Wildman–Crippen MR) is 90.0 cm³/mol. The fourth-order valence-electron chi connectivity index (χ4n) is 3.81. The summed E-state index contributed by atoms with van der Waals surface area (Å²) in [5, 5.41) is 0.754. The number of nitrogens with two attached hydrogens (primary N) is 1. The van der Waals surface area contributed by atoms with E-state index >= 15 is 0 Å². The molecule has 1 aliphatic carbocycles. The van der Waals surface area contributed by atoms with Crippen LogP contribution in [0, 0.1) is 11.8 Å². The molecule has 1 saturated carbocycles. The Kier molecular flexibility index (Phi) is 5.56. The Labute approximate surface area is 134 Å². The Morgan fingerprint density at radius 3 is 2.86 bits per heavy atom. The molecule has 1 aliphatic rings. The molecule has 0 aliphatic heterocycles. The number of hydrogen-bond donors (Lipinski definition) is 1. The zero-order valence-electron chi connectivity index (χ0n) is 13.5. The molecule has 0 spiro atoms. The maximum absolute atomic E-state index is 6.73. The topological polar surface area (TPSA) is 35.2 Å². The van der Waals surface area contributed by atoms with Crippen LogP contribution in [-0.2, 0) is 6.42 Å². The lowest BCUT2D eigenvalue weighted by molar-refractivity contribution is 0.199. The molecule has 2 atom stereocenters. The molecule has 118 valence electrons. The molecule has 0 bridgehead atoms. The summed E-state index contributed by atoms with van der Waals surface area (Å²) in [7, 11) is 1.71. The molecule has 3 heteroatoms. The first-order valence-electron chi connectivity index (χ1n) is 8.03. The second-order valence-corrected chi connectivity index (χ2v) is 7.52. The molecule has 2 rings (SSSR count). The number of hydrogen-bond acceptors (Lipinski definition) is 2. The molecular formula is C18H28ClNO. The third kappa shape index (κ3) is 4.62. The number of rotatable bonds is 5. The van der Waals surface area contributed by atoms with Crippen LogP contribution in [0.25, 0.3) is 0 Å². The summed E-state index contributed by atoms with van der Waals surface area (Å²) >= 11 is 6.14. The molecule has 2 unspecified atom stereocenters. The van der Waals surface area contributed by atoms with Gasteiger partial charge in [-0.2, -0.15) is 0 Å². The predicted octanol–water partition coefficient (Wildman–Crippen LogP) is 4.82. The lowest BCUT2D eigenvalue weighted by Crippen LogP contribution is -2.46. The monoisotopic (exact) mass is 309 g/mol. The van der Waals surface area contributed by atoms with E-state index in [1.165, 1.54) is 19.3 Å². The van der Waals surface area contributed by atoms with E-state index in [-0.39, 0.29) is 5.54 Å². The molecule has 21 heavy (non-hydrogen) atoms. The van der Waals surface area contributed by atoms with Crippen LogP contribution in [0.3, 0.4) is 0 Å². The third-order valence-electron chi connectivity index (χ3n) is 4.57. The smallest absolute Gasteiger partial charge is 0.122 e. The van der Waals surface area contributed by atoms with Gasteiger partial charge in [-0.1, -0.05) is 38.3 Å². The lowest BCUT2D eigenvalue weighted by Gasteiger charge is -2.39. The Bertz CT molecular complexity index is 474. The molecule has 0 saturated heterocycles. The van der Waals surface area contributed by atoms with Gasteiger partial charge in [-0.3, -0.25) is 0 Å². The van der Waals surface area contributed by atoms with Gasteiger partial charge in [0, 0.05) is 10.6 Å². The fraction of sp³-hybridized carbons (Fsp3) is 0.667. The first-order valence-corrected chi connectivity index (χ1v) is 8.41. The standard InChI is InChI=1S/C18H28ClNO/c1-13(2)9-14-5-4-8-18(20,11-14)12-15-10-16(19)6-7-17(15)21-3/h6-7,10,13-14H,4-5,8-9,11-12,20H2,1-3H3. The first kappa shape index (κ1) is 16.6. The molecular weight excluding hydrogens is 282 g/mol. The van der Waals surface area contributed by atoms with Crippen LogP contribution in [0.1, 0.15) is 51.5 Å². The van der Waals surface area contributed by atoms with Gasteiger partial charge in [0.25, 0.3) is 0 Å². The summed E-state index contributed by atoms with van der Waals surface area (Å²) in [5.74, 6) is 2.40. The molecule has 0 aromatic heterocycles. The summed E-state index contributed by atoms with van der Waals surface area (Å²) in [6.07, 6.45) is 6.90. The van der Waals surface area contributed by atoms with Crippen LogP contribution in [0.15, 0.2) is 18.2 Å². The molecule has 0 radical (unpaired) electrons. The van der Waals surface area contributed by atoms with E-state index in [0.29, 0.717) is 0 Å². The molecule has 1 fully saturated rings. The van der Waals surface area contributed by atoms with Crippen LogP contribution < -0.4 is 10.5 Å². The van der Waals surface area contributed by atoms with Crippen LogP contribution in [0.4, 0.5) is 0 Å². The quantitative estimate of drug-likeness (QED) is 0.846. The maximum Gasteiger partial charge on any atom is 0.122 e. The van der Waals surface area contributed by atoms with Crippen molar-refractivity contribution < 1.29 is 4.74 Å². The summed E-state index contributed by atoms with van der Waals surface area (Å²) in [4.78, 5) is 0. The normalized spacial score (nSPS) is 26.1. The van der Waals surface area contributed by atoms with Crippen molar-refractivity contribution in [2.24, 2.45) is 17.6 Å². The van der Waals surface area contributed by atoms with Crippen LogP contribution >= 0.6 is 11.6 Å². The number of halogens is 1. The van der Waals surface area contributed by atoms with E-state index in [1.54, 1.807) is 7.11 Å². The Balaban J connectivity index is 2.11. The molecule has 1 aromatic carbocycles. The van der Waals surface area contributed by atoms with Crippen LogP contribution in [0.5, 0.6) is 5.75 Å². The maximum atomic E-state index is 6.73. The summed E-state index contributed by atoms with van der Waals surface area (Å²) in [5.41, 5.74) is 7.75. The van der Waals surface area contributed by atoms with Crippen molar-refractivity contribution in [3.05, 3.63) is 28.8 Å². The van der Waals surface area contributed by atoms with Gasteiger partial charge in [0.15, 0.2) is 0 Å². The number of methoxy groups -OCH3 is 1. The van der Waals surface area contributed by atoms with Gasteiger partial charge in [0.2, 0.25) is 0 Å². The molecule has 1 aromatic rings. The summed E-state index contributed by atoms with van der Waals surface area (Å²) in [6.45, 7) is 4.60. The van der Waals surface area contributed by atoms with Gasteiger partial charge in [0.1, 0.15) is 5.75 Å². The number of benzene rings is 1. The van der Waals surface area contributed by atoms with Crippen molar-refractivity contribution in [1.82, 2.24) is 0 Å². The van der Waals surface area contributed by atoms with Crippen molar-refractivity contribution in [3.63, 3.8) is 0 Å². The van der Waals surface area contributed by atoms with Crippen molar-refractivity contribution in [2.75, 3.05) is 7.11 Å². The van der Waals surface area contributed by atoms with E-state index in [0.717, 1.165) is 47.4 Å². The highest BCUT2D eigenvalue weighted by molar-refractivity contribution is 6.30. The fourth-order valence-corrected chi connectivity index (χ4v) is 4.01. The second-order valence-electron chi connectivity index (χ2n) is 7.09. The van der Waals surface area contributed by atoms with Gasteiger partial charge < -0.3 is 10.5 Å². The van der Waals surface area contributed by atoms with Gasteiger partial charge in [-0.05, 0) is 61.3 Å². The minimum atomic E-state index is -0.115. The zero-order chi connectivity index (χ0) is 15.5. The third-order valence-corrected chi connectivity index (χ3v) is 4.81. The minimum Gasteiger partial charge on any atom is -0.496 e. The van der Waals surface area contributed by atoms with Crippen molar-refractivity contribution >= 4 is 11.6 Å². The van der Waals surface area contributed by atoms with Gasteiger partial charge in [0.05, 0.1) is 7.11 Å². The Hall–Kier alpha value is -0.730. The molecule has 0 amide bonds. The van der Waals surface area contributed by atoms with E-state index in [9.17, 15) is 0 Å². The van der Waals surface area contributed by atoms with E-state index < -0.39 is 0 Å². The molecule has 0 heterocycles. The Morgan fingerprint density at radius 2 is 2.19 bits per heavy atom. The molecule has 2 N–H and O–H groups in total. The van der Waals surface area contributed by atoms with Gasteiger partial charge in [-0.25, -0.2) is 0 Å². The largest absolute Gasteiger partial charge is 0.496 e. The highest BCUT2D eigenvalue weighted by Crippen LogP contribution is 2.38. The average Bonchev–Trinajstić information content (AvgIpc) is 2.37. The average molecular weight is 310 g/mol. The van der Waals surface area contributed by atoms with Crippen molar-refractivity contribution in [1.29, 1.82) is 0 Å². The second kappa shape index (κ2) is 7.02. The highest BCUT2D eigenvalue weighted by Gasteiger charge is 2.33. The zero-order valence-corrected chi connectivity index (χ0v) is 14.2. The van der Waals surface area contributed by atoms with E-state index in [1.807, 2.05) is 18.2 Å². The summed E-state index contributed by atoms with van der Waals surface area (Å²) in [6, 6.07) is 5.81. The van der Waals surface area contributed by atoms with Crippen LogP contribution in [-0.4, -0.2) is 12.6 Å². The highest BCUT2D eigenvalue weighted by atomic mass is 35.5. The minimum absolute atomic E-state index is 0.115. The van der Waals surface area contributed by atoms with Crippen molar-refractivity contribution in [3.8, 4) is 5.75 Å². The summed E-state index contributed by atoms with van der Waals surface area (Å²) < 4.78 is 5.46. The van der Waals surface area contributed by atoms with E-state index in [2.05, 4.69) is 13.8 Å². The van der Waals surface area contributed by atoms with E-state index in [4.69, 9.17) is 22.1 Å². The molecule has 2 nitrogen and oxygen atoms in total. The number of ether oxygens (including phenoxy) is 1. The van der Waals surface area contributed by atoms with Gasteiger partial charge in [-0.15, -0.1) is 0 Å². The Morgan fingerprint density at radius 1 is 1.43 bits per heavy atom. The van der Waals surface area contributed by atoms with Crippen molar-refractivity contribution in [2.45, 2.75) is 57.9 Å². The lowest BCUT2D eigenvalue weighted by atomic mass is 9.71. The van der Waals surface area contributed by atoms with Crippen LogP contribution in [0.2, 0.25) is 5.02 Å². The SMILES string of the molecule is COc1ccc(Cl)cc1CC1(N)CCCC(CC(C)C)C1. The first-order chi connectivity index (χ1) is 9.92. The van der Waals surface area contributed by atoms with Gasteiger partial charge >= 0.3 is 0 Å².